The standard InChI is InChI=1S/C17H13ClN4O3S/c1-2-25-17(24)14-12(11(6-19)15(20)26-14)7-22-8-21-13-5-9(18)3-4-10(13)16(22)23/h3-5,8H,2,7,20H2,1H3. The van der Waals surface area contributed by atoms with Gasteiger partial charge in [-0.25, -0.2) is 9.78 Å². The van der Waals surface area contributed by atoms with Crippen LogP contribution in [-0.2, 0) is 11.3 Å². The lowest BCUT2D eigenvalue weighted by Crippen LogP contribution is -2.22. The molecule has 1 aromatic carbocycles. The van der Waals surface area contributed by atoms with Crippen LogP contribution in [0.1, 0.15) is 27.7 Å². The van der Waals surface area contributed by atoms with Gasteiger partial charge in [-0.2, -0.15) is 5.26 Å². The Morgan fingerprint density at radius 1 is 1.50 bits per heavy atom. The van der Waals surface area contributed by atoms with Crippen molar-refractivity contribution in [1.82, 2.24) is 9.55 Å². The zero-order chi connectivity index (χ0) is 18.8. The first-order valence-corrected chi connectivity index (χ1v) is 8.78. The molecule has 132 valence electrons. The van der Waals surface area contributed by atoms with Crippen molar-refractivity contribution in [2.45, 2.75) is 13.5 Å². The van der Waals surface area contributed by atoms with Gasteiger partial charge in [0.2, 0.25) is 0 Å². The Morgan fingerprint density at radius 2 is 2.27 bits per heavy atom. The Bertz CT molecular complexity index is 1110. The second-order valence-electron chi connectivity index (χ2n) is 5.32. The van der Waals surface area contributed by atoms with E-state index in [1.165, 1.54) is 10.9 Å². The van der Waals surface area contributed by atoms with Crippen molar-refractivity contribution < 1.29 is 9.53 Å². The summed E-state index contributed by atoms with van der Waals surface area (Å²) in [7, 11) is 0. The highest BCUT2D eigenvalue weighted by atomic mass is 35.5. The first-order chi connectivity index (χ1) is 12.5. The third-order valence-corrected chi connectivity index (χ3v) is 5.00. The molecular weight excluding hydrogens is 376 g/mol. The van der Waals surface area contributed by atoms with Crippen LogP contribution in [0.4, 0.5) is 5.00 Å². The van der Waals surface area contributed by atoms with E-state index in [0.717, 1.165) is 11.3 Å². The van der Waals surface area contributed by atoms with Gasteiger partial charge in [-0.3, -0.25) is 9.36 Å². The first-order valence-electron chi connectivity index (χ1n) is 7.59. The summed E-state index contributed by atoms with van der Waals surface area (Å²) in [5, 5.41) is 10.4. The molecule has 0 amide bonds. The zero-order valence-electron chi connectivity index (χ0n) is 13.7. The Balaban J connectivity index is 2.12. The number of aromatic nitrogens is 2. The van der Waals surface area contributed by atoms with Gasteiger partial charge in [-0.05, 0) is 25.1 Å². The van der Waals surface area contributed by atoms with Crippen molar-refractivity contribution in [2.75, 3.05) is 12.3 Å². The molecule has 0 aliphatic rings. The number of fused-ring (bicyclic) bond motifs is 1. The summed E-state index contributed by atoms with van der Waals surface area (Å²) < 4.78 is 6.34. The van der Waals surface area contributed by atoms with Crippen molar-refractivity contribution in [3.8, 4) is 6.07 Å². The predicted octanol–water partition coefficient (Wildman–Crippen LogP) is 2.79. The summed E-state index contributed by atoms with van der Waals surface area (Å²) in [5.41, 5.74) is 6.53. The number of rotatable bonds is 4. The molecule has 2 heterocycles. The van der Waals surface area contributed by atoms with Crippen molar-refractivity contribution in [1.29, 1.82) is 5.26 Å². The summed E-state index contributed by atoms with van der Waals surface area (Å²) >= 11 is 6.89. The normalized spacial score (nSPS) is 10.7. The number of esters is 1. The molecule has 7 nitrogen and oxygen atoms in total. The molecule has 0 bridgehead atoms. The van der Waals surface area contributed by atoms with Gasteiger partial charge in [-0.15, -0.1) is 11.3 Å². The number of hydrogen-bond acceptors (Lipinski definition) is 7. The van der Waals surface area contributed by atoms with Crippen molar-refractivity contribution in [2.24, 2.45) is 0 Å². The molecule has 2 N–H and O–H groups in total. The molecule has 0 spiro atoms. The maximum atomic E-state index is 12.7. The van der Waals surface area contributed by atoms with Crippen LogP contribution in [0, 0.1) is 11.3 Å². The zero-order valence-corrected chi connectivity index (χ0v) is 15.2. The third-order valence-electron chi connectivity index (χ3n) is 3.72. The van der Waals surface area contributed by atoms with Crippen LogP contribution in [0.5, 0.6) is 0 Å². The fraction of sp³-hybridized carbons (Fsp3) is 0.176. The molecule has 0 aliphatic carbocycles. The van der Waals surface area contributed by atoms with E-state index in [1.807, 2.05) is 6.07 Å². The average molecular weight is 389 g/mol. The smallest absolute Gasteiger partial charge is 0.348 e. The molecule has 26 heavy (non-hydrogen) atoms. The van der Waals surface area contributed by atoms with Crippen molar-refractivity contribution in [3.05, 3.63) is 55.9 Å². The summed E-state index contributed by atoms with van der Waals surface area (Å²) in [6.07, 6.45) is 1.35. The number of carbonyl (C=O) groups is 1. The maximum absolute atomic E-state index is 12.7. The lowest BCUT2D eigenvalue weighted by Gasteiger charge is -2.08. The molecule has 0 radical (unpaired) electrons. The highest BCUT2D eigenvalue weighted by Gasteiger charge is 2.23. The van der Waals surface area contributed by atoms with Crippen LogP contribution in [0.2, 0.25) is 5.02 Å². The Labute approximate surface area is 157 Å². The van der Waals surface area contributed by atoms with E-state index in [0.29, 0.717) is 21.5 Å². The van der Waals surface area contributed by atoms with Crippen LogP contribution >= 0.6 is 22.9 Å². The van der Waals surface area contributed by atoms with Gasteiger partial charge >= 0.3 is 5.97 Å². The Hall–Kier alpha value is -2.89. The largest absolute Gasteiger partial charge is 0.462 e. The van der Waals surface area contributed by atoms with Gasteiger partial charge in [0.1, 0.15) is 15.9 Å². The minimum absolute atomic E-state index is 0.0187. The fourth-order valence-corrected chi connectivity index (χ4v) is 3.62. The molecule has 0 saturated carbocycles. The summed E-state index contributed by atoms with van der Waals surface area (Å²) in [6, 6.07) is 6.77. The number of halogens is 1. The summed E-state index contributed by atoms with van der Waals surface area (Å²) in [6.45, 7) is 1.86. The van der Waals surface area contributed by atoms with E-state index < -0.39 is 5.97 Å². The molecule has 3 rings (SSSR count). The number of thiophene rings is 1. The Kier molecular flexibility index (Phi) is 4.93. The average Bonchev–Trinajstić information content (AvgIpc) is 2.93. The van der Waals surface area contributed by atoms with E-state index in [4.69, 9.17) is 22.1 Å². The number of nitriles is 1. The van der Waals surface area contributed by atoms with E-state index in [9.17, 15) is 14.9 Å². The molecule has 3 aromatic rings. The number of anilines is 1. The SMILES string of the molecule is CCOC(=O)c1sc(N)c(C#N)c1Cn1cnc2cc(Cl)ccc2c1=O. The van der Waals surface area contributed by atoms with Crippen molar-refractivity contribution >= 4 is 44.8 Å². The highest BCUT2D eigenvalue weighted by Crippen LogP contribution is 2.31. The summed E-state index contributed by atoms with van der Waals surface area (Å²) in [4.78, 5) is 29.3. The van der Waals surface area contributed by atoms with Crippen molar-refractivity contribution in [3.63, 3.8) is 0 Å². The molecule has 9 heteroatoms. The minimum atomic E-state index is -0.575. The number of carbonyl (C=O) groups excluding carboxylic acids is 1. The lowest BCUT2D eigenvalue weighted by molar-refractivity contribution is 0.0531. The molecule has 0 fully saturated rings. The van der Waals surface area contributed by atoms with Gasteiger partial charge < -0.3 is 10.5 Å². The van der Waals surface area contributed by atoms with Crippen LogP contribution in [0.15, 0.2) is 29.3 Å². The van der Waals surface area contributed by atoms with E-state index in [1.54, 1.807) is 25.1 Å². The second kappa shape index (κ2) is 7.15. The minimum Gasteiger partial charge on any atom is -0.462 e. The van der Waals surface area contributed by atoms with Gasteiger partial charge in [0, 0.05) is 10.6 Å². The number of benzene rings is 1. The monoisotopic (exact) mass is 388 g/mol. The van der Waals surface area contributed by atoms with Gasteiger partial charge in [0.15, 0.2) is 0 Å². The molecule has 2 aromatic heterocycles. The summed E-state index contributed by atoms with van der Waals surface area (Å²) in [5.74, 6) is -0.575. The molecule has 0 unspecified atom stereocenters. The number of nitrogens with zero attached hydrogens (tertiary/aromatic N) is 3. The number of nitrogen functional groups attached to an aromatic ring is 1. The quantitative estimate of drug-likeness (QED) is 0.688. The van der Waals surface area contributed by atoms with Crippen LogP contribution < -0.4 is 11.3 Å². The lowest BCUT2D eigenvalue weighted by atomic mass is 10.1. The van der Waals surface area contributed by atoms with Gasteiger partial charge in [0.05, 0.1) is 35.9 Å². The highest BCUT2D eigenvalue weighted by molar-refractivity contribution is 7.18. The number of nitrogens with two attached hydrogens (primary N) is 1. The molecule has 0 atom stereocenters. The first kappa shape index (κ1) is 17.9. The second-order valence-corrected chi connectivity index (χ2v) is 6.81. The topological polar surface area (TPSA) is 111 Å². The third kappa shape index (κ3) is 3.14. The maximum Gasteiger partial charge on any atom is 0.348 e. The molecule has 0 saturated heterocycles. The number of hydrogen-bond donors (Lipinski definition) is 1. The van der Waals surface area contributed by atoms with E-state index >= 15 is 0 Å². The van der Waals surface area contributed by atoms with Gasteiger partial charge in [0.25, 0.3) is 5.56 Å². The van der Waals surface area contributed by atoms with Gasteiger partial charge in [-0.1, -0.05) is 11.6 Å². The van der Waals surface area contributed by atoms with E-state index in [-0.39, 0.29) is 34.2 Å². The van der Waals surface area contributed by atoms with Crippen LogP contribution in [0.25, 0.3) is 10.9 Å². The molecule has 0 aliphatic heterocycles. The van der Waals surface area contributed by atoms with Crippen LogP contribution in [0.3, 0.4) is 0 Å². The van der Waals surface area contributed by atoms with Crippen LogP contribution in [-0.4, -0.2) is 22.1 Å². The number of ether oxygens (including phenoxy) is 1. The molecular formula is C17H13ClN4O3S. The predicted molar refractivity (Wildman–Crippen MR) is 99.5 cm³/mol. The fourth-order valence-electron chi connectivity index (χ4n) is 2.53. The van der Waals surface area contributed by atoms with E-state index in [2.05, 4.69) is 4.98 Å². The Morgan fingerprint density at radius 3 is 2.96 bits per heavy atom.